The van der Waals surface area contributed by atoms with E-state index >= 15 is 0 Å². The van der Waals surface area contributed by atoms with E-state index in [2.05, 4.69) is 19.2 Å². The number of fused-ring (bicyclic) bond motifs is 2. The Kier molecular flexibility index (Phi) is 4.43. The smallest absolute Gasteiger partial charge is 0.230 e. The molecule has 4 aliphatic rings. The first-order valence-corrected chi connectivity index (χ1v) is 10.9. The standard InChI is InChI=1S/C23H28N2O5/c1-12(2)7-9-24-21(27)18-17-6-8-23(30-17)19(18)22(28)25-14(16-5-4-10-29-16)11-15(26)13(3)20(23)25/h4-6,8,10,12-14,17-20H,7,9,11H2,1-3H3,(H,24,27)/t13-,14-,17+,18+,19-,20-,23+/m0/s1. The molecule has 30 heavy (non-hydrogen) atoms. The molecule has 0 radical (unpaired) electrons. The van der Waals surface area contributed by atoms with Gasteiger partial charge in [-0.25, -0.2) is 0 Å². The van der Waals surface area contributed by atoms with E-state index in [1.807, 2.05) is 19.1 Å². The van der Waals surface area contributed by atoms with Gasteiger partial charge < -0.3 is 19.4 Å². The molecule has 2 amide bonds. The Labute approximate surface area is 175 Å². The van der Waals surface area contributed by atoms with Crippen molar-refractivity contribution in [2.45, 2.75) is 57.4 Å². The van der Waals surface area contributed by atoms with Crippen LogP contribution in [0.2, 0.25) is 0 Å². The summed E-state index contributed by atoms with van der Waals surface area (Å²) in [6.45, 7) is 6.66. The van der Waals surface area contributed by atoms with Crippen LogP contribution in [0.15, 0.2) is 35.0 Å². The highest BCUT2D eigenvalue weighted by Crippen LogP contribution is 2.59. The molecule has 1 aromatic heterocycles. The maximum Gasteiger partial charge on any atom is 0.230 e. The number of carbonyl (C=O) groups excluding carboxylic acids is 3. The van der Waals surface area contributed by atoms with Crippen molar-refractivity contribution < 1.29 is 23.5 Å². The van der Waals surface area contributed by atoms with Gasteiger partial charge in [0.1, 0.15) is 17.1 Å². The lowest BCUT2D eigenvalue weighted by Crippen LogP contribution is -2.55. The van der Waals surface area contributed by atoms with Gasteiger partial charge in [0.15, 0.2) is 0 Å². The summed E-state index contributed by atoms with van der Waals surface area (Å²) in [6, 6.07) is 2.68. The first-order chi connectivity index (χ1) is 14.3. The summed E-state index contributed by atoms with van der Waals surface area (Å²) in [7, 11) is 0. The summed E-state index contributed by atoms with van der Waals surface area (Å²) in [5.74, 6) is -0.628. The third-order valence-electron chi connectivity index (χ3n) is 7.28. The van der Waals surface area contributed by atoms with Gasteiger partial charge in [-0.05, 0) is 24.5 Å². The fraction of sp³-hybridized carbons (Fsp3) is 0.609. The monoisotopic (exact) mass is 412 g/mol. The fourth-order valence-corrected chi connectivity index (χ4v) is 5.86. The van der Waals surface area contributed by atoms with Crippen LogP contribution in [0.25, 0.3) is 0 Å². The highest BCUT2D eigenvalue weighted by Gasteiger charge is 2.74. The molecule has 4 aliphatic heterocycles. The fourth-order valence-electron chi connectivity index (χ4n) is 5.86. The Balaban J connectivity index is 1.49. The van der Waals surface area contributed by atoms with Crippen LogP contribution < -0.4 is 5.32 Å². The Morgan fingerprint density at radius 1 is 1.37 bits per heavy atom. The molecule has 0 saturated carbocycles. The third kappa shape index (κ3) is 2.57. The molecule has 1 spiro atoms. The topological polar surface area (TPSA) is 88.9 Å². The third-order valence-corrected chi connectivity index (χ3v) is 7.28. The second-order valence-corrected chi connectivity index (χ2v) is 9.45. The van der Waals surface area contributed by atoms with Crippen LogP contribution in [0.5, 0.6) is 0 Å². The minimum atomic E-state index is -0.928. The number of piperidine rings is 1. The molecular weight excluding hydrogens is 384 g/mol. The summed E-state index contributed by atoms with van der Waals surface area (Å²) >= 11 is 0. The average molecular weight is 412 g/mol. The molecule has 0 aromatic carbocycles. The minimum absolute atomic E-state index is 0.0887. The largest absolute Gasteiger partial charge is 0.467 e. The lowest BCUT2D eigenvalue weighted by Gasteiger charge is -2.43. The number of Topliss-reactive ketones (excluding diaryl/α,β-unsaturated/α-hetero) is 1. The number of ether oxygens (including phenoxy) is 1. The summed E-state index contributed by atoms with van der Waals surface area (Å²) < 4.78 is 11.9. The van der Waals surface area contributed by atoms with Gasteiger partial charge in [-0.1, -0.05) is 32.9 Å². The molecule has 1 N–H and O–H groups in total. The quantitative estimate of drug-likeness (QED) is 0.750. The molecule has 3 saturated heterocycles. The van der Waals surface area contributed by atoms with E-state index in [-0.39, 0.29) is 29.9 Å². The van der Waals surface area contributed by atoms with Crippen LogP contribution in [0, 0.1) is 23.7 Å². The van der Waals surface area contributed by atoms with Gasteiger partial charge >= 0.3 is 0 Å². The molecule has 5 rings (SSSR count). The highest BCUT2D eigenvalue weighted by atomic mass is 16.5. The number of carbonyl (C=O) groups is 3. The van der Waals surface area contributed by atoms with Crippen molar-refractivity contribution in [1.29, 1.82) is 0 Å². The molecule has 3 fully saturated rings. The lowest BCUT2D eigenvalue weighted by atomic mass is 9.70. The highest BCUT2D eigenvalue weighted by molar-refractivity contribution is 5.96. The van der Waals surface area contributed by atoms with Crippen LogP contribution in [-0.4, -0.2) is 46.8 Å². The number of hydrogen-bond acceptors (Lipinski definition) is 5. The van der Waals surface area contributed by atoms with Crippen LogP contribution in [0.1, 0.15) is 45.4 Å². The molecule has 7 nitrogen and oxygen atoms in total. The molecule has 2 bridgehead atoms. The number of furan rings is 1. The van der Waals surface area contributed by atoms with E-state index in [1.54, 1.807) is 23.3 Å². The molecule has 0 aliphatic carbocycles. The van der Waals surface area contributed by atoms with E-state index in [0.717, 1.165) is 6.42 Å². The molecule has 7 atom stereocenters. The Hall–Kier alpha value is -2.41. The van der Waals surface area contributed by atoms with Gasteiger partial charge in [-0.15, -0.1) is 0 Å². The number of nitrogens with one attached hydrogen (secondary N) is 1. The van der Waals surface area contributed by atoms with Crippen molar-refractivity contribution in [1.82, 2.24) is 10.2 Å². The predicted octanol–water partition coefficient (Wildman–Crippen LogP) is 2.24. The van der Waals surface area contributed by atoms with Gasteiger partial charge in [0, 0.05) is 18.9 Å². The van der Waals surface area contributed by atoms with Crippen LogP contribution in [0.4, 0.5) is 0 Å². The van der Waals surface area contributed by atoms with Crippen molar-refractivity contribution in [3.63, 3.8) is 0 Å². The maximum atomic E-state index is 13.7. The van der Waals surface area contributed by atoms with E-state index in [1.165, 1.54) is 0 Å². The normalized spacial score (nSPS) is 39.0. The van der Waals surface area contributed by atoms with Crippen molar-refractivity contribution >= 4 is 17.6 Å². The molecule has 160 valence electrons. The second-order valence-electron chi connectivity index (χ2n) is 9.45. The minimum Gasteiger partial charge on any atom is -0.467 e. The zero-order chi connectivity index (χ0) is 21.2. The van der Waals surface area contributed by atoms with E-state index in [9.17, 15) is 14.4 Å². The molecule has 0 unspecified atom stereocenters. The number of amides is 2. The Morgan fingerprint density at radius 2 is 2.17 bits per heavy atom. The molecule has 1 aromatic rings. The summed E-state index contributed by atoms with van der Waals surface area (Å²) in [4.78, 5) is 41.5. The second kappa shape index (κ2) is 6.80. The Morgan fingerprint density at radius 3 is 2.87 bits per heavy atom. The number of rotatable bonds is 5. The number of ketones is 1. The number of nitrogens with zero attached hydrogens (tertiary/aromatic N) is 1. The molecule has 7 heteroatoms. The van der Waals surface area contributed by atoms with Crippen LogP contribution >= 0.6 is 0 Å². The molecule has 5 heterocycles. The van der Waals surface area contributed by atoms with Crippen LogP contribution in [0.3, 0.4) is 0 Å². The first-order valence-electron chi connectivity index (χ1n) is 10.9. The van der Waals surface area contributed by atoms with Gasteiger partial charge in [-0.3, -0.25) is 14.4 Å². The van der Waals surface area contributed by atoms with Gasteiger partial charge in [0.05, 0.1) is 36.3 Å². The SMILES string of the molecule is CC(C)CCNC(=O)[C@H]1[C@H]2C(=O)N3[C@@H]([C@@H](C)C(=O)C[C@H]3c3ccco3)[C@@]23C=C[C@H]1O3. The van der Waals surface area contributed by atoms with Crippen molar-refractivity contribution in [3.8, 4) is 0 Å². The zero-order valence-corrected chi connectivity index (χ0v) is 17.5. The maximum absolute atomic E-state index is 13.7. The van der Waals surface area contributed by atoms with Gasteiger partial charge in [0.25, 0.3) is 0 Å². The van der Waals surface area contributed by atoms with Crippen molar-refractivity contribution in [2.75, 3.05) is 6.54 Å². The summed E-state index contributed by atoms with van der Waals surface area (Å²) in [6.07, 6.45) is 6.05. The summed E-state index contributed by atoms with van der Waals surface area (Å²) in [5, 5.41) is 3.00. The van der Waals surface area contributed by atoms with Gasteiger partial charge in [0.2, 0.25) is 11.8 Å². The zero-order valence-electron chi connectivity index (χ0n) is 17.5. The Bertz CT molecular complexity index is 907. The average Bonchev–Trinajstić information content (AvgIpc) is 3.46. The van der Waals surface area contributed by atoms with Crippen molar-refractivity contribution in [3.05, 3.63) is 36.3 Å². The predicted molar refractivity (Wildman–Crippen MR) is 107 cm³/mol. The van der Waals surface area contributed by atoms with Crippen molar-refractivity contribution in [2.24, 2.45) is 23.7 Å². The lowest BCUT2D eigenvalue weighted by molar-refractivity contribution is -0.148. The van der Waals surface area contributed by atoms with E-state index in [0.29, 0.717) is 18.2 Å². The van der Waals surface area contributed by atoms with Crippen LogP contribution in [-0.2, 0) is 19.1 Å². The van der Waals surface area contributed by atoms with E-state index in [4.69, 9.17) is 9.15 Å². The molecular formula is C23H28N2O5. The number of hydrogen-bond donors (Lipinski definition) is 1. The summed E-state index contributed by atoms with van der Waals surface area (Å²) in [5.41, 5.74) is -0.928. The van der Waals surface area contributed by atoms with E-state index < -0.39 is 35.6 Å². The van der Waals surface area contributed by atoms with Gasteiger partial charge in [-0.2, -0.15) is 0 Å². The first kappa shape index (κ1) is 19.5.